The maximum absolute atomic E-state index is 12.1. The molecule has 0 saturated heterocycles. The molecule has 3 rings (SSSR count). The summed E-state index contributed by atoms with van der Waals surface area (Å²) in [6.07, 6.45) is 0. The quantitative estimate of drug-likeness (QED) is 0.430. The molecule has 0 spiro atoms. The van der Waals surface area contributed by atoms with Crippen molar-refractivity contribution in [2.45, 2.75) is 4.34 Å². The van der Waals surface area contributed by atoms with E-state index in [1.165, 1.54) is 11.8 Å². The van der Waals surface area contributed by atoms with Gasteiger partial charge in [0.05, 0.1) is 16.0 Å². The number of aromatic nitrogens is 1. The number of thioether (sulfide) groups is 1. The Bertz CT molecular complexity index is 725. The molecule has 1 aromatic heterocycles. The van der Waals surface area contributed by atoms with Crippen molar-refractivity contribution >= 4 is 67.4 Å². The highest BCUT2D eigenvalue weighted by Gasteiger charge is 2.09. The number of rotatable bonds is 4. The van der Waals surface area contributed by atoms with Gasteiger partial charge in [0.2, 0.25) is 0 Å². The summed E-state index contributed by atoms with van der Waals surface area (Å²) < 4.78 is 3.08. The Morgan fingerprint density at radius 1 is 1.14 bits per heavy atom. The summed E-state index contributed by atoms with van der Waals surface area (Å²) in [5.41, 5.74) is 1.73. The van der Waals surface area contributed by atoms with E-state index in [0.717, 1.165) is 24.6 Å². The molecule has 0 amide bonds. The predicted octanol–water partition coefficient (Wildman–Crippen LogP) is 5.46. The van der Waals surface area contributed by atoms with Gasteiger partial charge in [-0.1, -0.05) is 52.0 Å². The predicted molar refractivity (Wildman–Crippen MR) is 96.1 cm³/mol. The lowest BCUT2D eigenvalue weighted by Crippen LogP contribution is -2.01. The average Bonchev–Trinajstić information content (AvgIpc) is 2.88. The molecule has 0 bridgehead atoms. The number of benzene rings is 2. The van der Waals surface area contributed by atoms with Gasteiger partial charge < -0.3 is 0 Å². The minimum Gasteiger partial charge on any atom is -0.293 e. The zero-order valence-electron chi connectivity index (χ0n) is 10.8. The molecule has 2 nitrogen and oxygen atoms in total. The highest BCUT2D eigenvalue weighted by molar-refractivity contribution is 9.10. The Morgan fingerprint density at radius 2 is 1.86 bits per heavy atom. The number of ketones is 1. The molecule has 2 aromatic carbocycles. The molecule has 3 aromatic rings. The van der Waals surface area contributed by atoms with E-state index < -0.39 is 0 Å². The molecule has 0 radical (unpaired) electrons. The van der Waals surface area contributed by atoms with Gasteiger partial charge in [-0.25, -0.2) is 4.98 Å². The minimum atomic E-state index is 0. The van der Waals surface area contributed by atoms with E-state index in [1.54, 1.807) is 11.3 Å². The van der Waals surface area contributed by atoms with Crippen LogP contribution in [0.3, 0.4) is 0 Å². The fourth-order valence-corrected chi connectivity index (χ4v) is 3.99. The van der Waals surface area contributed by atoms with Crippen molar-refractivity contribution in [2.24, 2.45) is 0 Å². The molecule has 0 fully saturated rings. The van der Waals surface area contributed by atoms with Gasteiger partial charge in [-0.2, -0.15) is 0 Å². The molecule has 0 unspecified atom stereocenters. The van der Waals surface area contributed by atoms with Crippen molar-refractivity contribution in [3.63, 3.8) is 0 Å². The summed E-state index contributed by atoms with van der Waals surface area (Å²) in [7, 11) is 0. The zero-order valence-corrected chi connectivity index (χ0v) is 14.8. The lowest BCUT2D eigenvalue weighted by molar-refractivity contribution is 0.102. The standard InChI is InChI=1S/C15H10BrNOS2.ClH/c16-11-7-5-10(6-8-11)13(18)9-19-15-17-12-3-1-2-4-14(12)20-15;/h1-8H,9H2;1H. The number of carbonyl (C=O) groups is 1. The van der Waals surface area contributed by atoms with E-state index in [-0.39, 0.29) is 18.2 Å². The summed E-state index contributed by atoms with van der Waals surface area (Å²) in [6, 6.07) is 15.5. The number of Topliss-reactive ketones (excluding diaryl/α,β-unsaturated/α-hetero) is 1. The number of hydrogen-bond donors (Lipinski definition) is 0. The van der Waals surface area contributed by atoms with E-state index in [0.29, 0.717) is 5.75 Å². The van der Waals surface area contributed by atoms with Crippen LogP contribution in [0.1, 0.15) is 10.4 Å². The Kier molecular flexibility index (Phi) is 5.81. The molecule has 6 heteroatoms. The van der Waals surface area contributed by atoms with Crippen molar-refractivity contribution in [3.8, 4) is 0 Å². The highest BCUT2D eigenvalue weighted by Crippen LogP contribution is 2.29. The molecule has 0 aliphatic rings. The Hall–Kier alpha value is -0.880. The summed E-state index contributed by atoms with van der Waals surface area (Å²) in [5, 5.41) is 0. The lowest BCUT2D eigenvalue weighted by Gasteiger charge is -1.99. The van der Waals surface area contributed by atoms with Crippen LogP contribution in [-0.2, 0) is 0 Å². The smallest absolute Gasteiger partial charge is 0.173 e. The molecular weight excluding hydrogens is 390 g/mol. The van der Waals surface area contributed by atoms with Crippen LogP contribution in [-0.4, -0.2) is 16.5 Å². The van der Waals surface area contributed by atoms with Crippen molar-refractivity contribution in [3.05, 3.63) is 58.6 Å². The van der Waals surface area contributed by atoms with Gasteiger partial charge in [0, 0.05) is 10.0 Å². The fourth-order valence-electron chi connectivity index (χ4n) is 1.76. The van der Waals surface area contributed by atoms with Gasteiger partial charge in [-0.05, 0) is 24.3 Å². The number of hydrogen-bond acceptors (Lipinski definition) is 4. The fraction of sp³-hybridized carbons (Fsp3) is 0.0667. The Balaban J connectivity index is 0.00000161. The first-order chi connectivity index (χ1) is 9.72. The first-order valence-corrected chi connectivity index (χ1v) is 8.59. The number of fused-ring (bicyclic) bond motifs is 1. The number of thiazole rings is 1. The highest BCUT2D eigenvalue weighted by atomic mass is 79.9. The van der Waals surface area contributed by atoms with Crippen molar-refractivity contribution in [1.82, 2.24) is 4.98 Å². The van der Waals surface area contributed by atoms with Crippen LogP contribution in [0.5, 0.6) is 0 Å². The molecule has 0 saturated carbocycles. The lowest BCUT2D eigenvalue weighted by atomic mass is 10.2. The van der Waals surface area contributed by atoms with E-state index in [4.69, 9.17) is 0 Å². The molecule has 0 aliphatic carbocycles. The molecule has 1 heterocycles. The van der Waals surface area contributed by atoms with Crippen LogP contribution < -0.4 is 0 Å². The first-order valence-electron chi connectivity index (χ1n) is 5.99. The second kappa shape index (κ2) is 7.40. The first kappa shape index (κ1) is 16.5. The van der Waals surface area contributed by atoms with Crippen molar-refractivity contribution < 1.29 is 4.79 Å². The Morgan fingerprint density at radius 3 is 2.57 bits per heavy atom. The number of halogens is 2. The zero-order chi connectivity index (χ0) is 13.9. The monoisotopic (exact) mass is 399 g/mol. The number of nitrogens with zero attached hydrogens (tertiary/aromatic N) is 1. The summed E-state index contributed by atoms with van der Waals surface area (Å²) >= 11 is 6.49. The normalized spacial score (nSPS) is 10.3. The number of carbonyl (C=O) groups excluding carboxylic acids is 1. The SMILES string of the molecule is Cl.O=C(CSc1nc2ccccc2s1)c1ccc(Br)cc1. The van der Waals surface area contributed by atoms with Crippen LogP contribution in [0, 0.1) is 0 Å². The van der Waals surface area contributed by atoms with Crippen molar-refractivity contribution in [1.29, 1.82) is 0 Å². The van der Waals surface area contributed by atoms with Crippen LogP contribution >= 0.6 is 51.4 Å². The van der Waals surface area contributed by atoms with E-state index in [1.807, 2.05) is 48.5 Å². The van der Waals surface area contributed by atoms with Gasteiger partial charge in [0.25, 0.3) is 0 Å². The Labute approximate surface area is 145 Å². The second-order valence-electron chi connectivity index (χ2n) is 4.17. The van der Waals surface area contributed by atoms with Crippen LogP contribution in [0.15, 0.2) is 57.3 Å². The maximum Gasteiger partial charge on any atom is 0.173 e. The van der Waals surface area contributed by atoms with Gasteiger partial charge in [0.15, 0.2) is 10.1 Å². The van der Waals surface area contributed by atoms with Gasteiger partial charge >= 0.3 is 0 Å². The third kappa shape index (κ3) is 4.07. The third-order valence-electron chi connectivity index (χ3n) is 2.77. The van der Waals surface area contributed by atoms with Gasteiger partial charge in [0.1, 0.15) is 0 Å². The van der Waals surface area contributed by atoms with Gasteiger partial charge in [-0.3, -0.25) is 4.79 Å². The molecular formula is C15H11BrClNOS2. The third-order valence-corrected chi connectivity index (χ3v) is 5.48. The van der Waals surface area contributed by atoms with Crippen LogP contribution in [0.4, 0.5) is 0 Å². The largest absolute Gasteiger partial charge is 0.293 e. The topological polar surface area (TPSA) is 30.0 Å². The second-order valence-corrected chi connectivity index (χ2v) is 7.34. The minimum absolute atomic E-state index is 0. The summed E-state index contributed by atoms with van der Waals surface area (Å²) in [6.45, 7) is 0. The summed E-state index contributed by atoms with van der Waals surface area (Å²) in [5.74, 6) is 0.545. The van der Waals surface area contributed by atoms with Crippen LogP contribution in [0.25, 0.3) is 10.2 Å². The van der Waals surface area contributed by atoms with Crippen LogP contribution in [0.2, 0.25) is 0 Å². The molecule has 0 atom stereocenters. The molecule has 0 N–H and O–H groups in total. The molecule has 21 heavy (non-hydrogen) atoms. The van der Waals surface area contributed by atoms with E-state index in [2.05, 4.69) is 20.9 Å². The van der Waals surface area contributed by atoms with E-state index in [9.17, 15) is 4.79 Å². The average molecular weight is 401 g/mol. The van der Waals surface area contributed by atoms with Crippen molar-refractivity contribution in [2.75, 3.05) is 5.75 Å². The molecule has 0 aliphatic heterocycles. The molecule has 108 valence electrons. The van der Waals surface area contributed by atoms with Gasteiger partial charge in [-0.15, -0.1) is 23.7 Å². The summed E-state index contributed by atoms with van der Waals surface area (Å²) in [4.78, 5) is 16.6. The number of para-hydroxylation sites is 1. The van der Waals surface area contributed by atoms with E-state index >= 15 is 0 Å². The maximum atomic E-state index is 12.1.